The number of nitrogens with zero attached hydrogens (tertiary/aromatic N) is 1. The van der Waals surface area contributed by atoms with Gasteiger partial charge in [-0.15, -0.1) is 6.58 Å². The summed E-state index contributed by atoms with van der Waals surface area (Å²) >= 11 is 0. The van der Waals surface area contributed by atoms with Crippen LogP contribution in [0.25, 0.3) is 6.08 Å². The van der Waals surface area contributed by atoms with Crippen molar-refractivity contribution >= 4 is 27.9 Å². The monoisotopic (exact) mass is 488 g/mol. The number of nitrogens with one attached hydrogen (secondary N) is 1. The predicted octanol–water partition coefficient (Wildman–Crippen LogP) is 4.52. The largest absolute Gasteiger partial charge is 0.333 e. The molecule has 7 heteroatoms. The van der Waals surface area contributed by atoms with Gasteiger partial charge in [0.05, 0.1) is 5.41 Å². The summed E-state index contributed by atoms with van der Waals surface area (Å²) in [4.78, 5) is 28.1. The molecule has 0 aromatic heterocycles. The molecule has 35 heavy (non-hydrogen) atoms. The molecule has 0 bridgehead atoms. The summed E-state index contributed by atoms with van der Waals surface area (Å²) in [7, 11) is -4.10. The molecule has 1 unspecified atom stereocenters. The van der Waals surface area contributed by atoms with Crippen molar-refractivity contribution in [3.8, 4) is 0 Å². The molecule has 0 aliphatic heterocycles. The second kappa shape index (κ2) is 12.5. The van der Waals surface area contributed by atoms with Crippen molar-refractivity contribution in [3.63, 3.8) is 0 Å². The number of carbonyl (C=O) groups is 2. The van der Waals surface area contributed by atoms with E-state index >= 15 is 0 Å². The Morgan fingerprint density at radius 2 is 1.31 bits per heavy atom. The van der Waals surface area contributed by atoms with E-state index in [-0.39, 0.29) is 19.5 Å². The highest BCUT2D eigenvalue weighted by Gasteiger charge is 2.31. The predicted molar refractivity (Wildman–Crippen MR) is 138 cm³/mol. The van der Waals surface area contributed by atoms with Crippen LogP contribution in [-0.4, -0.2) is 25.1 Å². The van der Waals surface area contributed by atoms with Crippen LogP contribution in [-0.2, 0) is 32.7 Å². The minimum absolute atomic E-state index is 0.00264. The van der Waals surface area contributed by atoms with Crippen LogP contribution in [0.5, 0.6) is 0 Å². The van der Waals surface area contributed by atoms with Crippen LogP contribution < -0.4 is 4.72 Å². The molecule has 2 amide bonds. The van der Waals surface area contributed by atoms with E-state index in [1.165, 1.54) is 12.2 Å². The number of hydrogen-bond donors (Lipinski definition) is 1. The van der Waals surface area contributed by atoms with Crippen molar-refractivity contribution in [1.82, 2.24) is 9.62 Å². The van der Waals surface area contributed by atoms with Crippen LogP contribution in [0.15, 0.2) is 109 Å². The van der Waals surface area contributed by atoms with Gasteiger partial charge in [0.15, 0.2) is 0 Å². The number of carbonyl (C=O) groups excluding carboxylic acids is 2. The van der Waals surface area contributed by atoms with Crippen LogP contribution in [0, 0.1) is 5.92 Å². The number of allylic oxidation sites excluding steroid dienone is 1. The van der Waals surface area contributed by atoms with E-state index < -0.39 is 27.8 Å². The zero-order valence-corrected chi connectivity index (χ0v) is 20.1. The Hall–Kier alpha value is -3.97. The Labute approximate surface area is 206 Å². The summed E-state index contributed by atoms with van der Waals surface area (Å²) in [6.45, 7) is 4.20. The molecule has 1 N–H and O–H groups in total. The molecular formula is C28H28N2O4S. The highest BCUT2D eigenvalue weighted by molar-refractivity contribution is 7.93. The minimum atomic E-state index is -4.10. The molecule has 0 aliphatic carbocycles. The molecule has 1 atom stereocenters. The SMILES string of the molecule is C=CCC(C(=O)NS(=O)(=O)C=Cc1ccccc1)C(=O)N(Cc1ccccc1)Cc1ccccc1. The first-order valence-electron chi connectivity index (χ1n) is 11.2. The fraction of sp³-hybridized carbons (Fsp3) is 0.143. The van der Waals surface area contributed by atoms with Crippen LogP contribution in [0.3, 0.4) is 0 Å². The number of benzene rings is 3. The maximum atomic E-state index is 13.6. The van der Waals surface area contributed by atoms with Crippen molar-refractivity contribution in [3.05, 3.63) is 126 Å². The molecule has 3 rings (SSSR count). The second-order valence-electron chi connectivity index (χ2n) is 7.97. The van der Waals surface area contributed by atoms with Crippen LogP contribution >= 0.6 is 0 Å². The van der Waals surface area contributed by atoms with E-state index in [1.807, 2.05) is 71.5 Å². The first kappa shape index (κ1) is 25.6. The quantitative estimate of drug-likeness (QED) is 0.318. The van der Waals surface area contributed by atoms with E-state index in [0.717, 1.165) is 16.5 Å². The first-order chi connectivity index (χ1) is 16.9. The molecule has 0 saturated carbocycles. The van der Waals surface area contributed by atoms with Crippen molar-refractivity contribution in [2.45, 2.75) is 19.5 Å². The summed E-state index contributed by atoms with van der Waals surface area (Å²) in [6, 6.07) is 27.7. The summed E-state index contributed by atoms with van der Waals surface area (Å²) in [5.41, 5.74) is 2.46. The molecule has 6 nitrogen and oxygen atoms in total. The maximum Gasteiger partial charge on any atom is 0.257 e. The van der Waals surface area contributed by atoms with Gasteiger partial charge in [0.1, 0.15) is 5.92 Å². The molecule has 0 saturated heterocycles. The van der Waals surface area contributed by atoms with Gasteiger partial charge in [0.25, 0.3) is 10.0 Å². The average molecular weight is 489 g/mol. The lowest BCUT2D eigenvalue weighted by atomic mass is 10.0. The van der Waals surface area contributed by atoms with Crippen molar-refractivity contribution in [2.24, 2.45) is 5.92 Å². The Morgan fingerprint density at radius 1 is 0.829 bits per heavy atom. The average Bonchev–Trinajstić information content (AvgIpc) is 2.87. The zero-order valence-electron chi connectivity index (χ0n) is 19.3. The van der Waals surface area contributed by atoms with Crippen LogP contribution in [0.1, 0.15) is 23.1 Å². The highest BCUT2D eigenvalue weighted by Crippen LogP contribution is 2.17. The lowest BCUT2D eigenvalue weighted by Gasteiger charge is -2.27. The number of sulfonamides is 1. The standard InChI is InChI=1S/C28H28N2O4S/c1-2-12-26(27(31)29-35(33,34)20-19-23-13-6-3-7-14-23)28(32)30(21-24-15-8-4-9-16-24)22-25-17-10-5-11-18-25/h2-11,13-20,26H,1,12,21-22H2,(H,29,31). The number of amides is 2. The normalized spacial score (nSPS) is 12.1. The molecule has 0 fully saturated rings. The lowest BCUT2D eigenvalue weighted by Crippen LogP contribution is -2.44. The van der Waals surface area contributed by atoms with Gasteiger partial charge >= 0.3 is 0 Å². The van der Waals surface area contributed by atoms with Gasteiger partial charge in [-0.05, 0) is 29.2 Å². The van der Waals surface area contributed by atoms with E-state index in [1.54, 1.807) is 29.2 Å². The van der Waals surface area contributed by atoms with E-state index in [0.29, 0.717) is 5.56 Å². The van der Waals surface area contributed by atoms with Gasteiger partial charge in [0.2, 0.25) is 11.8 Å². The van der Waals surface area contributed by atoms with Gasteiger partial charge in [-0.25, -0.2) is 13.1 Å². The van der Waals surface area contributed by atoms with E-state index in [9.17, 15) is 18.0 Å². The smallest absolute Gasteiger partial charge is 0.257 e. The maximum absolute atomic E-state index is 13.6. The molecule has 0 radical (unpaired) electrons. The molecule has 0 heterocycles. The summed E-state index contributed by atoms with van der Waals surface area (Å²) < 4.78 is 27.1. The number of hydrogen-bond acceptors (Lipinski definition) is 4. The van der Waals surface area contributed by atoms with Crippen molar-refractivity contribution < 1.29 is 18.0 Å². The molecule has 3 aromatic rings. The third-order valence-electron chi connectivity index (χ3n) is 5.24. The molecule has 180 valence electrons. The van der Waals surface area contributed by atoms with Gasteiger partial charge in [-0.2, -0.15) is 0 Å². The highest BCUT2D eigenvalue weighted by atomic mass is 32.2. The summed E-state index contributed by atoms with van der Waals surface area (Å²) in [5, 5.41) is 0.918. The Balaban J connectivity index is 1.81. The summed E-state index contributed by atoms with van der Waals surface area (Å²) in [5.74, 6) is -2.60. The van der Waals surface area contributed by atoms with Gasteiger partial charge in [-0.1, -0.05) is 97.1 Å². The second-order valence-corrected chi connectivity index (χ2v) is 9.53. The molecule has 0 spiro atoms. The first-order valence-corrected chi connectivity index (χ1v) is 12.7. The Kier molecular flexibility index (Phi) is 9.15. The fourth-order valence-corrected chi connectivity index (χ4v) is 4.33. The molecule has 3 aromatic carbocycles. The zero-order chi connectivity index (χ0) is 25.1. The topological polar surface area (TPSA) is 83.5 Å². The third-order valence-corrected chi connectivity index (χ3v) is 6.22. The lowest BCUT2D eigenvalue weighted by molar-refractivity contribution is -0.142. The van der Waals surface area contributed by atoms with Crippen molar-refractivity contribution in [1.29, 1.82) is 0 Å². The molecule has 0 aliphatic rings. The fourth-order valence-electron chi connectivity index (χ4n) is 3.50. The van der Waals surface area contributed by atoms with E-state index in [2.05, 4.69) is 6.58 Å². The summed E-state index contributed by atoms with van der Waals surface area (Å²) in [6.07, 6.45) is 2.83. The van der Waals surface area contributed by atoms with Crippen LogP contribution in [0.4, 0.5) is 0 Å². The Morgan fingerprint density at radius 3 is 1.80 bits per heavy atom. The third kappa shape index (κ3) is 8.08. The van der Waals surface area contributed by atoms with Crippen molar-refractivity contribution in [2.75, 3.05) is 0 Å². The minimum Gasteiger partial charge on any atom is -0.333 e. The number of rotatable bonds is 11. The molecular weight excluding hydrogens is 460 g/mol. The van der Waals surface area contributed by atoms with Gasteiger partial charge in [0, 0.05) is 13.1 Å². The van der Waals surface area contributed by atoms with E-state index in [4.69, 9.17) is 0 Å². The Bertz CT molecular complexity index is 1220. The van der Waals surface area contributed by atoms with Crippen LogP contribution in [0.2, 0.25) is 0 Å². The van der Waals surface area contributed by atoms with Gasteiger partial charge < -0.3 is 4.90 Å². The van der Waals surface area contributed by atoms with Gasteiger partial charge in [-0.3, -0.25) is 9.59 Å².